The average Bonchev–Trinajstić information content (AvgIpc) is 2.47. The Kier molecular flexibility index (Phi) is 3.94. The van der Waals surface area contributed by atoms with Crippen molar-refractivity contribution in [3.8, 4) is 11.5 Å². The van der Waals surface area contributed by atoms with Crippen molar-refractivity contribution in [1.29, 1.82) is 0 Å². The molecule has 0 aromatic heterocycles. The highest BCUT2D eigenvalue weighted by atomic mass is 16.4. The van der Waals surface area contributed by atoms with E-state index in [1.54, 1.807) is 24.3 Å². The van der Waals surface area contributed by atoms with Crippen LogP contribution in [0.15, 0.2) is 47.6 Å². The summed E-state index contributed by atoms with van der Waals surface area (Å²) in [5.41, 5.74) is 6.13. The maximum atomic E-state index is 12.0. The second-order valence-corrected chi connectivity index (χ2v) is 4.19. The minimum Gasteiger partial charge on any atom is -0.507 e. The summed E-state index contributed by atoms with van der Waals surface area (Å²) in [5, 5.41) is 33.1. The largest absolute Gasteiger partial charge is 0.507 e. The number of hydrogen-bond donors (Lipinski definition) is 5. The number of carbonyl (C=O) groups excluding carboxylic acids is 1. The zero-order valence-corrected chi connectivity index (χ0v) is 10.8. The summed E-state index contributed by atoms with van der Waals surface area (Å²) in [6, 6.07) is 10.2. The first-order chi connectivity index (χ1) is 10.0. The number of aromatic hydroxyl groups is 2. The van der Waals surface area contributed by atoms with E-state index in [1.165, 1.54) is 18.2 Å². The van der Waals surface area contributed by atoms with Gasteiger partial charge in [-0.05, 0) is 36.4 Å². The van der Waals surface area contributed by atoms with Gasteiger partial charge in [0.25, 0.3) is 5.91 Å². The first-order valence-electron chi connectivity index (χ1n) is 5.93. The molecule has 0 saturated carbocycles. The molecule has 21 heavy (non-hydrogen) atoms. The SMILES string of the molecule is N/C(=N/O)c1ccc(NC(=O)c2c(O)cccc2O)cc1. The summed E-state index contributed by atoms with van der Waals surface area (Å²) in [6.07, 6.45) is 0. The Morgan fingerprint density at radius 2 is 1.62 bits per heavy atom. The lowest BCUT2D eigenvalue weighted by Crippen LogP contribution is -2.14. The lowest BCUT2D eigenvalue weighted by molar-refractivity contribution is 0.102. The second-order valence-electron chi connectivity index (χ2n) is 4.19. The van der Waals surface area contributed by atoms with Crippen LogP contribution >= 0.6 is 0 Å². The molecule has 7 nitrogen and oxygen atoms in total. The molecule has 0 aliphatic carbocycles. The van der Waals surface area contributed by atoms with Gasteiger partial charge in [-0.3, -0.25) is 4.79 Å². The Labute approximate surface area is 120 Å². The summed E-state index contributed by atoms with van der Waals surface area (Å²) in [7, 11) is 0. The van der Waals surface area contributed by atoms with Crippen LogP contribution < -0.4 is 11.1 Å². The molecule has 1 amide bonds. The summed E-state index contributed by atoms with van der Waals surface area (Å²) in [4.78, 5) is 12.0. The number of oxime groups is 1. The fourth-order valence-corrected chi connectivity index (χ4v) is 1.74. The molecule has 6 N–H and O–H groups in total. The summed E-state index contributed by atoms with van der Waals surface area (Å²) in [5.74, 6) is -1.34. The molecule has 0 aliphatic heterocycles. The van der Waals surface area contributed by atoms with Gasteiger partial charge in [-0.1, -0.05) is 11.2 Å². The van der Waals surface area contributed by atoms with E-state index >= 15 is 0 Å². The third kappa shape index (κ3) is 3.03. The van der Waals surface area contributed by atoms with Gasteiger partial charge in [-0.15, -0.1) is 0 Å². The lowest BCUT2D eigenvalue weighted by Gasteiger charge is -2.09. The average molecular weight is 287 g/mol. The third-order valence-corrected chi connectivity index (χ3v) is 2.79. The van der Waals surface area contributed by atoms with Crippen molar-refractivity contribution in [3.63, 3.8) is 0 Å². The fourth-order valence-electron chi connectivity index (χ4n) is 1.74. The molecule has 2 rings (SSSR count). The number of benzene rings is 2. The van der Waals surface area contributed by atoms with Crippen LogP contribution in [0, 0.1) is 0 Å². The minimum atomic E-state index is -0.651. The van der Waals surface area contributed by atoms with Gasteiger partial charge in [0, 0.05) is 11.3 Å². The van der Waals surface area contributed by atoms with Crippen molar-refractivity contribution in [1.82, 2.24) is 0 Å². The van der Waals surface area contributed by atoms with Gasteiger partial charge >= 0.3 is 0 Å². The Hall–Kier alpha value is -3.22. The number of hydrogen-bond acceptors (Lipinski definition) is 5. The zero-order chi connectivity index (χ0) is 15.4. The van der Waals surface area contributed by atoms with E-state index in [1.807, 2.05) is 0 Å². The molecule has 0 radical (unpaired) electrons. The first-order valence-corrected chi connectivity index (χ1v) is 5.93. The third-order valence-electron chi connectivity index (χ3n) is 2.79. The van der Waals surface area contributed by atoms with Crippen LogP contribution in [0.3, 0.4) is 0 Å². The van der Waals surface area contributed by atoms with E-state index in [2.05, 4.69) is 10.5 Å². The Balaban J connectivity index is 2.20. The van der Waals surface area contributed by atoms with E-state index < -0.39 is 5.91 Å². The summed E-state index contributed by atoms with van der Waals surface area (Å²) < 4.78 is 0. The number of phenols is 2. The number of amides is 1. The monoisotopic (exact) mass is 287 g/mol. The van der Waals surface area contributed by atoms with Crippen molar-refractivity contribution < 1.29 is 20.2 Å². The molecule has 108 valence electrons. The number of phenolic OH excluding ortho intramolecular Hbond substituents is 2. The number of nitrogens with two attached hydrogens (primary N) is 1. The maximum Gasteiger partial charge on any atom is 0.263 e. The normalized spacial score (nSPS) is 11.1. The highest BCUT2D eigenvalue weighted by molar-refractivity contribution is 6.08. The molecule has 0 unspecified atom stereocenters. The van der Waals surface area contributed by atoms with Crippen molar-refractivity contribution in [2.75, 3.05) is 5.32 Å². The highest BCUT2D eigenvalue weighted by Gasteiger charge is 2.16. The number of nitrogens with zero attached hydrogens (tertiary/aromatic N) is 1. The molecular formula is C14H13N3O4. The molecule has 0 spiro atoms. The van der Waals surface area contributed by atoms with Crippen LogP contribution in [-0.2, 0) is 0 Å². The molecule has 2 aromatic carbocycles. The van der Waals surface area contributed by atoms with Gasteiger partial charge < -0.3 is 26.5 Å². The van der Waals surface area contributed by atoms with Gasteiger partial charge in [0.15, 0.2) is 5.84 Å². The number of carbonyl (C=O) groups is 1. The van der Waals surface area contributed by atoms with E-state index in [0.29, 0.717) is 11.3 Å². The molecule has 0 heterocycles. The maximum absolute atomic E-state index is 12.0. The second kappa shape index (κ2) is 5.83. The van der Waals surface area contributed by atoms with Crippen molar-refractivity contribution in [2.24, 2.45) is 10.9 Å². The lowest BCUT2D eigenvalue weighted by atomic mass is 10.1. The predicted molar refractivity (Wildman–Crippen MR) is 76.7 cm³/mol. The van der Waals surface area contributed by atoms with Gasteiger partial charge in [-0.25, -0.2) is 0 Å². The molecule has 0 aliphatic rings. The van der Waals surface area contributed by atoms with Crippen LogP contribution in [0.2, 0.25) is 0 Å². The van der Waals surface area contributed by atoms with Gasteiger partial charge in [0.2, 0.25) is 0 Å². The number of rotatable bonds is 3. The molecular weight excluding hydrogens is 274 g/mol. The van der Waals surface area contributed by atoms with Crippen LogP contribution in [0.5, 0.6) is 11.5 Å². The van der Waals surface area contributed by atoms with Crippen LogP contribution in [-0.4, -0.2) is 27.2 Å². The van der Waals surface area contributed by atoms with E-state index in [0.717, 1.165) is 0 Å². The van der Waals surface area contributed by atoms with Gasteiger partial charge in [0.1, 0.15) is 17.1 Å². The van der Waals surface area contributed by atoms with Gasteiger partial charge in [0.05, 0.1) is 0 Å². The topological polar surface area (TPSA) is 128 Å². The van der Waals surface area contributed by atoms with E-state index in [-0.39, 0.29) is 22.9 Å². The molecule has 0 atom stereocenters. The fraction of sp³-hybridized carbons (Fsp3) is 0. The Morgan fingerprint density at radius 1 is 1.05 bits per heavy atom. The highest BCUT2D eigenvalue weighted by Crippen LogP contribution is 2.27. The molecule has 0 fully saturated rings. The molecule has 0 bridgehead atoms. The Morgan fingerprint density at radius 3 is 2.14 bits per heavy atom. The molecule has 2 aromatic rings. The minimum absolute atomic E-state index is 0.0498. The standard InChI is InChI=1S/C14H13N3O4/c15-13(17-21)8-4-6-9(7-5-8)16-14(20)12-10(18)2-1-3-11(12)19/h1-7,18-19,21H,(H2,15,17)(H,16,20). The van der Waals surface area contributed by atoms with E-state index in [4.69, 9.17) is 10.9 Å². The summed E-state index contributed by atoms with van der Waals surface area (Å²) >= 11 is 0. The predicted octanol–water partition coefficient (Wildman–Crippen LogP) is 1.44. The Bertz CT molecular complexity index is 676. The number of anilines is 1. The van der Waals surface area contributed by atoms with Crippen LogP contribution in [0.25, 0.3) is 0 Å². The number of nitrogens with one attached hydrogen (secondary N) is 1. The zero-order valence-electron chi connectivity index (χ0n) is 10.8. The first kappa shape index (κ1) is 14.2. The molecule has 0 saturated heterocycles. The molecule has 7 heteroatoms. The smallest absolute Gasteiger partial charge is 0.263 e. The van der Waals surface area contributed by atoms with Crippen molar-refractivity contribution in [2.45, 2.75) is 0 Å². The summed E-state index contributed by atoms with van der Waals surface area (Å²) in [6.45, 7) is 0. The quantitative estimate of drug-likeness (QED) is 0.252. The van der Waals surface area contributed by atoms with Gasteiger partial charge in [-0.2, -0.15) is 0 Å². The van der Waals surface area contributed by atoms with Crippen LogP contribution in [0.4, 0.5) is 5.69 Å². The number of amidine groups is 1. The van der Waals surface area contributed by atoms with Crippen LogP contribution in [0.1, 0.15) is 15.9 Å². The van der Waals surface area contributed by atoms with E-state index in [9.17, 15) is 15.0 Å². The van der Waals surface area contributed by atoms with Crippen molar-refractivity contribution >= 4 is 17.4 Å². The van der Waals surface area contributed by atoms with Crippen molar-refractivity contribution in [3.05, 3.63) is 53.6 Å².